The zero-order valence-electron chi connectivity index (χ0n) is 12.9. The molecule has 2 rings (SSSR count). The third-order valence-electron chi connectivity index (χ3n) is 3.94. The summed E-state index contributed by atoms with van der Waals surface area (Å²) in [6.07, 6.45) is 2.82. The van der Waals surface area contributed by atoms with Crippen LogP contribution in [0.1, 0.15) is 43.0 Å². The van der Waals surface area contributed by atoms with Gasteiger partial charge < -0.3 is 5.32 Å². The highest BCUT2D eigenvalue weighted by molar-refractivity contribution is 5.25. The summed E-state index contributed by atoms with van der Waals surface area (Å²) in [5.41, 5.74) is 3.45. The Kier molecular flexibility index (Phi) is 5.94. The van der Waals surface area contributed by atoms with Crippen LogP contribution in [0.3, 0.4) is 0 Å². The van der Waals surface area contributed by atoms with Gasteiger partial charge in [-0.1, -0.05) is 56.3 Å². The van der Waals surface area contributed by atoms with Gasteiger partial charge in [-0.25, -0.2) is 4.39 Å². The van der Waals surface area contributed by atoms with Crippen molar-refractivity contribution in [2.45, 2.75) is 39.2 Å². The van der Waals surface area contributed by atoms with Gasteiger partial charge in [-0.15, -0.1) is 0 Å². The highest BCUT2D eigenvalue weighted by Gasteiger charge is 2.09. The molecule has 0 spiro atoms. The lowest BCUT2D eigenvalue weighted by Gasteiger charge is -2.18. The van der Waals surface area contributed by atoms with Crippen LogP contribution in [0.4, 0.5) is 4.39 Å². The number of aryl methyl sites for hydroxylation is 1. The van der Waals surface area contributed by atoms with Gasteiger partial charge in [-0.3, -0.25) is 0 Å². The van der Waals surface area contributed by atoms with Crippen LogP contribution in [-0.4, -0.2) is 6.54 Å². The summed E-state index contributed by atoms with van der Waals surface area (Å²) in [6, 6.07) is 16.1. The van der Waals surface area contributed by atoms with Gasteiger partial charge in [0.2, 0.25) is 0 Å². The Bertz CT molecular complexity index is 548. The van der Waals surface area contributed by atoms with E-state index in [1.807, 2.05) is 12.1 Å². The van der Waals surface area contributed by atoms with E-state index in [0.29, 0.717) is 6.04 Å². The molecule has 0 radical (unpaired) electrons. The molecule has 0 saturated carbocycles. The van der Waals surface area contributed by atoms with Crippen molar-refractivity contribution in [3.63, 3.8) is 0 Å². The van der Waals surface area contributed by atoms with Crippen LogP contribution in [0, 0.1) is 5.82 Å². The van der Waals surface area contributed by atoms with Crippen molar-refractivity contribution in [2.24, 2.45) is 0 Å². The summed E-state index contributed by atoms with van der Waals surface area (Å²) in [5.74, 6) is -0.111. The second kappa shape index (κ2) is 7.94. The Balaban J connectivity index is 1.91. The molecule has 0 saturated heterocycles. The van der Waals surface area contributed by atoms with Gasteiger partial charge in [0.25, 0.3) is 0 Å². The lowest BCUT2D eigenvalue weighted by atomic mass is 10.0. The van der Waals surface area contributed by atoms with Crippen molar-refractivity contribution >= 4 is 0 Å². The van der Waals surface area contributed by atoms with E-state index in [2.05, 4.69) is 43.4 Å². The fourth-order valence-corrected chi connectivity index (χ4v) is 2.57. The molecule has 1 nitrogen and oxygen atoms in total. The Morgan fingerprint density at radius 2 is 1.71 bits per heavy atom. The van der Waals surface area contributed by atoms with Crippen LogP contribution in [0.5, 0.6) is 0 Å². The van der Waals surface area contributed by atoms with Crippen molar-refractivity contribution in [3.8, 4) is 0 Å². The van der Waals surface area contributed by atoms with E-state index in [4.69, 9.17) is 0 Å². The average molecular weight is 285 g/mol. The summed E-state index contributed by atoms with van der Waals surface area (Å²) in [6.45, 7) is 5.13. The number of benzene rings is 2. The zero-order chi connectivity index (χ0) is 15.1. The molecular formula is C19H24FN. The summed E-state index contributed by atoms with van der Waals surface area (Å²) in [5, 5.41) is 3.53. The first-order chi connectivity index (χ1) is 10.2. The van der Waals surface area contributed by atoms with Crippen LogP contribution in [-0.2, 0) is 12.8 Å². The quantitative estimate of drug-likeness (QED) is 0.779. The van der Waals surface area contributed by atoms with E-state index < -0.39 is 0 Å². The first-order valence-corrected chi connectivity index (χ1v) is 7.80. The number of hydrogen-bond acceptors (Lipinski definition) is 1. The Morgan fingerprint density at radius 3 is 2.33 bits per heavy atom. The minimum absolute atomic E-state index is 0.111. The molecule has 21 heavy (non-hydrogen) atoms. The van der Waals surface area contributed by atoms with Crippen molar-refractivity contribution in [3.05, 3.63) is 71.0 Å². The van der Waals surface area contributed by atoms with Crippen LogP contribution in [0.25, 0.3) is 0 Å². The molecule has 1 N–H and O–H groups in total. The monoisotopic (exact) mass is 285 g/mol. The third-order valence-corrected chi connectivity index (χ3v) is 3.94. The van der Waals surface area contributed by atoms with Crippen molar-refractivity contribution in [1.29, 1.82) is 0 Å². The second-order valence-corrected chi connectivity index (χ2v) is 5.35. The molecule has 2 aromatic carbocycles. The van der Waals surface area contributed by atoms with Crippen molar-refractivity contribution in [2.75, 3.05) is 6.54 Å². The largest absolute Gasteiger partial charge is 0.310 e. The molecule has 1 atom stereocenters. The minimum Gasteiger partial charge on any atom is -0.310 e. The summed E-state index contributed by atoms with van der Waals surface area (Å²) in [7, 11) is 0. The van der Waals surface area contributed by atoms with Gasteiger partial charge in [-0.2, -0.15) is 0 Å². The van der Waals surface area contributed by atoms with Crippen molar-refractivity contribution < 1.29 is 4.39 Å². The van der Waals surface area contributed by atoms with Crippen LogP contribution >= 0.6 is 0 Å². The number of hydrogen-bond donors (Lipinski definition) is 1. The Labute approximate surface area is 127 Å². The van der Waals surface area contributed by atoms with Gasteiger partial charge in [0, 0.05) is 6.04 Å². The van der Waals surface area contributed by atoms with E-state index in [-0.39, 0.29) is 5.82 Å². The molecule has 112 valence electrons. The van der Waals surface area contributed by atoms with E-state index in [1.54, 1.807) is 6.07 Å². The Morgan fingerprint density at radius 1 is 1.00 bits per heavy atom. The summed E-state index contributed by atoms with van der Waals surface area (Å²) >= 11 is 0. The maximum Gasteiger partial charge on any atom is 0.126 e. The molecule has 0 aliphatic carbocycles. The molecule has 2 aromatic rings. The molecule has 0 bridgehead atoms. The van der Waals surface area contributed by atoms with Crippen LogP contribution < -0.4 is 5.32 Å². The second-order valence-electron chi connectivity index (χ2n) is 5.35. The molecule has 0 aromatic heterocycles. The third kappa shape index (κ3) is 4.40. The molecule has 0 aliphatic rings. The topological polar surface area (TPSA) is 12.0 Å². The van der Waals surface area contributed by atoms with Crippen molar-refractivity contribution in [1.82, 2.24) is 5.32 Å². The fraction of sp³-hybridized carbons (Fsp3) is 0.368. The van der Waals surface area contributed by atoms with Gasteiger partial charge >= 0.3 is 0 Å². The van der Waals surface area contributed by atoms with Gasteiger partial charge in [0.1, 0.15) is 5.82 Å². The predicted octanol–water partition coefficient (Wildman–Crippen LogP) is 4.67. The van der Waals surface area contributed by atoms with Gasteiger partial charge in [-0.05, 0) is 48.6 Å². The van der Waals surface area contributed by atoms with Gasteiger partial charge in [0.05, 0.1) is 0 Å². The summed E-state index contributed by atoms with van der Waals surface area (Å²) < 4.78 is 13.6. The number of nitrogens with one attached hydrogen (secondary N) is 1. The molecule has 0 fully saturated rings. The maximum absolute atomic E-state index is 13.6. The molecule has 2 heteroatoms. The molecule has 0 heterocycles. The van der Waals surface area contributed by atoms with E-state index >= 15 is 0 Å². The summed E-state index contributed by atoms with van der Waals surface area (Å²) in [4.78, 5) is 0. The predicted molar refractivity (Wildman–Crippen MR) is 87.0 cm³/mol. The normalized spacial score (nSPS) is 12.3. The highest BCUT2D eigenvalue weighted by Crippen LogP contribution is 2.17. The first kappa shape index (κ1) is 15.7. The van der Waals surface area contributed by atoms with Crippen LogP contribution in [0.2, 0.25) is 0 Å². The van der Waals surface area contributed by atoms with Gasteiger partial charge in [0.15, 0.2) is 0 Å². The smallest absolute Gasteiger partial charge is 0.126 e. The van der Waals surface area contributed by atoms with Crippen LogP contribution in [0.15, 0.2) is 48.5 Å². The highest BCUT2D eigenvalue weighted by atomic mass is 19.1. The SMILES string of the molecule is CCc1ccc(C(CC)NCCc2ccccc2F)cc1. The average Bonchev–Trinajstić information content (AvgIpc) is 2.53. The first-order valence-electron chi connectivity index (χ1n) is 7.80. The number of halogens is 1. The molecular weight excluding hydrogens is 261 g/mol. The minimum atomic E-state index is -0.111. The molecule has 0 amide bonds. The Hall–Kier alpha value is -1.67. The zero-order valence-corrected chi connectivity index (χ0v) is 12.9. The van der Waals surface area contributed by atoms with E-state index in [0.717, 1.165) is 31.4 Å². The maximum atomic E-state index is 13.6. The lowest BCUT2D eigenvalue weighted by Crippen LogP contribution is -2.23. The lowest BCUT2D eigenvalue weighted by molar-refractivity contribution is 0.516. The van der Waals surface area contributed by atoms with E-state index in [9.17, 15) is 4.39 Å². The number of rotatable bonds is 7. The van der Waals surface area contributed by atoms with E-state index in [1.165, 1.54) is 17.2 Å². The molecule has 0 aliphatic heterocycles. The fourth-order valence-electron chi connectivity index (χ4n) is 2.57. The standard InChI is InChI=1S/C19H24FN/c1-3-15-9-11-17(12-10-15)19(4-2)21-14-13-16-7-5-6-8-18(16)20/h5-12,19,21H,3-4,13-14H2,1-2H3. The molecule has 1 unspecified atom stereocenters.